The topological polar surface area (TPSA) is 59.2 Å². The molecule has 0 unspecified atom stereocenters. The minimum Gasteiger partial charge on any atom is -0.339 e. The maximum absolute atomic E-state index is 13.1. The highest BCUT2D eigenvalue weighted by molar-refractivity contribution is 9.10. The first-order valence-corrected chi connectivity index (χ1v) is 11.5. The molecule has 5 rings (SSSR count). The van der Waals surface area contributed by atoms with E-state index in [1.165, 1.54) is 0 Å². The summed E-state index contributed by atoms with van der Waals surface area (Å²) in [6.07, 6.45) is 0.575. The van der Waals surface area contributed by atoms with E-state index in [9.17, 15) is 4.79 Å². The van der Waals surface area contributed by atoms with Gasteiger partial charge < -0.3 is 9.42 Å². The van der Waals surface area contributed by atoms with Gasteiger partial charge in [0.05, 0.1) is 17.7 Å². The van der Waals surface area contributed by atoms with Crippen LogP contribution in [0.25, 0.3) is 11.4 Å². The van der Waals surface area contributed by atoms with Crippen LogP contribution in [0.4, 0.5) is 5.69 Å². The lowest BCUT2D eigenvalue weighted by molar-refractivity contribution is 0.0985. The first-order valence-electron chi connectivity index (χ1n) is 9.92. The molecular formula is C24H18BrN3O2S. The van der Waals surface area contributed by atoms with Gasteiger partial charge in [0.1, 0.15) is 0 Å². The van der Waals surface area contributed by atoms with Gasteiger partial charge in [-0.2, -0.15) is 4.98 Å². The second-order valence-corrected chi connectivity index (χ2v) is 9.14. The summed E-state index contributed by atoms with van der Waals surface area (Å²) in [5.74, 6) is 1.13. The molecule has 7 heteroatoms. The number of benzene rings is 3. The van der Waals surface area contributed by atoms with Crippen LogP contribution in [0.1, 0.15) is 28.7 Å². The van der Waals surface area contributed by atoms with E-state index in [1.54, 1.807) is 11.8 Å². The van der Waals surface area contributed by atoms with E-state index in [1.807, 2.05) is 78.6 Å². The van der Waals surface area contributed by atoms with Gasteiger partial charge in [-0.1, -0.05) is 57.1 Å². The van der Waals surface area contributed by atoms with Gasteiger partial charge in [-0.15, -0.1) is 0 Å². The summed E-state index contributed by atoms with van der Waals surface area (Å²) < 4.78 is 6.53. The molecule has 154 valence electrons. The Morgan fingerprint density at radius 1 is 1.03 bits per heavy atom. The van der Waals surface area contributed by atoms with Crippen molar-refractivity contribution in [1.29, 1.82) is 0 Å². The van der Waals surface area contributed by atoms with Crippen LogP contribution in [0.15, 0.2) is 85.5 Å². The number of nitrogens with zero attached hydrogens (tertiary/aromatic N) is 3. The van der Waals surface area contributed by atoms with E-state index >= 15 is 0 Å². The van der Waals surface area contributed by atoms with Gasteiger partial charge in [0.25, 0.3) is 5.91 Å². The summed E-state index contributed by atoms with van der Waals surface area (Å²) in [6.45, 7) is 2.58. The molecule has 0 aliphatic carbocycles. The van der Waals surface area contributed by atoms with Crippen molar-refractivity contribution < 1.29 is 9.32 Å². The first-order chi connectivity index (χ1) is 15.1. The molecule has 2 heterocycles. The number of anilines is 1. The van der Waals surface area contributed by atoms with Gasteiger partial charge >= 0.3 is 0 Å². The number of aromatic nitrogens is 2. The van der Waals surface area contributed by atoms with Crippen LogP contribution in [0.3, 0.4) is 0 Å². The lowest BCUT2D eigenvalue weighted by Gasteiger charge is -2.21. The molecule has 0 fully saturated rings. The molecular weight excluding hydrogens is 474 g/mol. The molecule has 3 aromatic carbocycles. The standard InChI is InChI=1S/C24H18BrN3O2S/c1-2-28-19-12-9-16(14-21(19)31-20-6-4-3-5-18(20)24(28)29)23-26-22(30-27-23)13-15-7-10-17(25)11-8-15/h3-12,14H,2,13H2,1H3. The van der Waals surface area contributed by atoms with Gasteiger partial charge in [0, 0.05) is 26.4 Å². The minimum atomic E-state index is 0.0217. The number of carbonyl (C=O) groups excluding carboxylic acids is 1. The van der Waals surface area contributed by atoms with E-state index in [-0.39, 0.29) is 5.91 Å². The number of fused-ring (bicyclic) bond motifs is 2. The van der Waals surface area contributed by atoms with Gasteiger partial charge in [-0.3, -0.25) is 4.79 Å². The summed E-state index contributed by atoms with van der Waals surface area (Å²) in [5.41, 5.74) is 3.59. The fraction of sp³-hybridized carbons (Fsp3) is 0.125. The molecule has 0 saturated carbocycles. The molecule has 0 N–H and O–H groups in total. The van der Waals surface area contributed by atoms with Crippen LogP contribution in [-0.2, 0) is 6.42 Å². The average molecular weight is 492 g/mol. The van der Waals surface area contributed by atoms with Gasteiger partial charge in [0.15, 0.2) is 0 Å². The highest BCUT2D eigenvalue weighted by Crippen LogP contribution is 2.42. The predicted octanol–water partition coefficient (Wildman–Crippen LogP) is 6.22. The van der Waals surface area contributed by atoms with Crippen LogP contribution in [0, 0.1) is 0 Å². The maximum Gasteiger partial charge on any atom is 0.259 e. The zero-order valence-corrected chi connectivity index (χ0v) is 19.1. The Balaban J connectivity index is 1.48. The lowest BCUT2D eigenvalue weighted by atomic mass is 10.1. The van der Waals surface area contributed by atoms with Crippen LogP contribution in [-0.4, -0.2) is 22.6 Å². The van der Waals surface area contributed by atoms with Crippen LogP contribution in [0.5, 0.6) is 0 Å². The van der Waals surface area contributed by atoms with Gasteiger partial charge in [0.2, 0.25) is 11.7 Å². The van der Waals surface area contributed by atoms with E-state index in [2.05, 4.69) is 26.1 Å². The van der Waals surface area contributed by atoms with Crippen molar-refractivity contribution in [2.45, 2.75) is 23.1 Å². The smallest absolute Gasteiger partial charge is 0.259 e. The highest BCUT2D eigenvalue weighted by Gasteiger charge is 2.26. The normalized spacial score (nSPS) is 13.0. The maximum atomic E-state index is 13.1. The quantitative estimate of drug-likeness (QED) is 0.339. The number of hydrogen-bond donors (Lipinski definition) is 0. The Morgan fingerprint density at radius 3 is 2.65 bits per heavy atom. The van der Waals surface area contributed by atoms with Crippen LogP contribution >= 0.6 is 27.7 Å². The number of amides is 1. The molecule has 0 radical (unpaired) electrons. The number of rotatable bonds is 4. The third-order valence-corrected chi connectivity index (χ3v) is 6.80. The van der Waals surface area contributed by atoms with Crippen molar-refractivity contribution in [3.8, 4) is 11.4 Å². The van der Waals surface area contributed by atoms with E-state index < -0.39 is 0 Å². The molecule has 0 bridgehead atoms. The van der Waals surface area contributed by atoms with Crippen molar-refractivity contribution in [1.82, 2.24) is 10.1 Å². The molecule has 1 aromatic heterocycles. The Bertz CT molecular complexity index is 1270. The first kappa shape index (κ1) is 20.0. The van der Waals surface area contributed by atoms with Crippen molar-refractivity contribution in [2.24, 2.45) is 0 Å². The van der Waals surface area contributed by atoms with E-state index in [0.717, 1.165) is 36.6 Å². The fourth-order valence-corrected chi connectivity index (χ4v) is 4.98. The molecule has 0 spiro atoms. The third kappa shape index (κ3) is 3.91. The number of hydrogen-bond acceptors (Lipinski definition) is 5. The predicted molar refractivity (Wildman–Crippen MR) is 125 cm³/mol. The Hall–Kier alpha value is -2.90. The van der Waals surface area contributed by atoms with Crippen molar-refractivity contribution in [2.75, 3.05) is 11.4 Å². The lowest BCUT2D eigenvalue weighted by Crippen LogP contribution is -2.30. The van der Waals surface area contributed by atoms with Crippen molar-refractivity contribution in [3.63, 3.8) is 0 Å². The number of halogens is 1. The molecule has 4 aromatic rings. The molecule has 5 nitrogen and oxygen atoms in total. The summed E-state index contributed by atoms with van der Waals surface area (Å²) >= 11 is 5.04. The average Bonchev–Trinajstić information content (AvgIpc) is 3.21. The minimum absolute atomic E-state index is 0.0217. The Kier molecular flexibility index (Phi) is 5.38. The summed E-state index contributed by atoms with van der Waals surface area (Å²) in [6, 6.07) is 21.7. The Labute approximate surface area is 192 Å². The van der Waals surface area contributed by atoms with Gasteiger partial charge in [-0.25, -0.2) is 0 Å². The molecule has 1 aliphatic heterocycles. The zero-order valence-electron chi connectivity index (χ0n) is 16.7. The SMILES string of the molecule is CCN1C(=O)c2ccccc2Sc2cc(-c3noc(Cc4ccc(Br)cc4)n3)ccc21. The molecule has 31 heavy (non-hydrogen) atoms. The zero-order chi connectivity index (χ0) is 21.4. The van der Waals surface area contributed by atoms with Crippen LogP contribution < -0.4 is 4.90 Å². The molecule has 1 aliphatic rings. The van der Waals surface area contributed by atoms with Crippen molar-refractivity contribution in [3.05, 3.63) is 88.2 Å². The molecule has 0 saturated heterocycles. The monoisotopic (exact) mass is 491 g/mol. The summed E-state index contributed by atoms with van der Waals surface area (Å²) in [7, 11) is 0. The number of carbonyl (C=O) groups is 1. The second-order valence-electron chi connectivity index (χ2n) is 7.15. The summed E-state index contributed by atoms with van der Waals surface area (Å²) in [5, 5.41) is 4.19. The van der Waals surface area contributed by atoms with E-state index in [4.69, 9.17) is 4.52 Å². The molecule has 0 atom stereocenters. The molecule has 1 amide bonds. The summed E-state index contributed by atoms with van der Waals surface area (Å²) in [4.78, 5) is 21.4. The largest absolute Gasteiger partial charge is 0.339 e. The van der Waals surface area contributed by atoms with Crippen molar-refractivity contribution >= 4 is 39.3 Å². The highest BCUT2D eigenvalue weighted by atomic mass is 79.9. The third-order valence-electron chi connectivity index (χ3n) is 5.14. The van der Waals surface area contributed by atoms with Crippen LogP contribution in [0.2, 0.25) is 0 Å². The Morgan fingerprint density at radius 2 is 1.84 bits per heavy atom. The van der Waals surface area contributed by atoms with Gasteiger partial charge in [-0.05, 0) is 55.0 Å². The second kappa shape index (κ2) is 8.32. The fourth-order valence-electron chi connectivity index (χ4n) is 3.60. The van der Waals surface area contributed by atoms with E-state index in [0.29, 0.717) is 24.7 Å².